The van der Waals surface area contributed by atoms with Crippen molar-refractivity contribution in [1.82, 2.24) is 5.16 Å². The Bertz CT molecular complexity index is 590. The molecule has 0 aliphatic carbocycles. The van der Waals surface area contributed by atoms with Crippen molar-refractivity contribution in [1.29, 1.82) is 0 Å². The highest BCUT2D eigenvalue weighted by molar-refractivity contribution is 5.85. The number of fused-ring (bicyclic) bond motifs is 1. The molecule has 0 spiro atoms. The first-order valence-electron chi connectivity index (χ1n) is 6.60. The molecule has 6 heteroatoms. The Labute approximate surface area is 114 Å². The highest BCUT2D eigenvalue weighted by Crippen LogP contribution is 2.38. The second kappa shape index (κ2) is 5.73. The Kier molecular flexibility index (Phi) is 4.20. The maximum Gasteiger partial charge on any atom is 0.437 e. The normalized spacial score (nSPS) is 12.1. The molecule has 3 nitrogen and oxygen atoms in total. The standard InChI is InChI=1S/C14H16F3NO2/c1-3-5-9-11(19-8-4-2)7-6-10-12(9)20-18-13(10)14(15,16)17/h6-7H,3-5,8H2,1-2H3. The fraction of sp³-hybridized carbons (Fsp3) is 0.500. The van der Waals surface area contributed by atoms with Crippen molar-refractivity contribution >= 4 is 11.0 Å². The van der Waals surface area contributed by atoms with Crippen LogP contribution in [0, 0.1) is 0 Å². The first kappa shape index (κ1) is 14.7. The molecule has 0 radical (unpaired) electrons. The molecule has 0 saturated heterocycles. The van der Waals surface area contributed by atoms with Gasteiger partial charge in [0.05, 0.1) is 12.0 Å². The maximum absolute atomic E-state index is 12.8. The molecule has 0 bridgehead atoms. The number of hydrogen-bond donors (Lipinski definition) is 0. The van der Waals surface area contributed by atoms with Crippen molar-refractivity contribution in [2.75, 3.05) is 6.61 Å². The predicted octanol–water partition coefficient (Wildman–Crippen LogP) is 4.59. The number of rotatable bonds is 5. The summed E-state index contributed by atoms with van der Waals surface area (Å²) in [5.41, 5.74) is -0.152. The van der Waals surface area contributed by atoms with Gasteiger partial charge in [0.1, 0.15) is 5.75 Å². The summed E-state index contributed by atoms with van der Waals surface area (Å²) < 4.78 is 49.0. The van der Waals surface area contributed by atoms with Gasteiger partial charge in [0.2, 0.25) is 0 Å². The maximum atomic E-state index is 12.8. The monoisotopic (exact) mass is 287 g/mol. The van der Waals surface area contributed by atoms with Crippen LogP contribution >= 0.6 is 0 Å². The average Bonchev–Trinajstić information content (AvgIpc) is 2.82. The van der Waals surface area contributed by atoms with Crippen molar-refractivity contribution in [2.24, 2.45) is 0 Å². The third kappa shape index (κ3) is 2.73. The largest absolute Gasteiger partial charge is 0.493 e. The van der Waals surface area contributed by atoms with Crippen LogP contribution in [0.25, 0.3) is 11.0 Å². The van der Waals surface area contributed by atoms with Gasteiger partial charge >= 0.3 is 6.18 Å². The molecular weight excluding hydrogens is 271 g/mol. The lowest BCUT2D eigenvalue weighted by molar-refractivity contribution is -0.141. The van der Waals surface area contributed by atoms with E-state index in [-0.39, 0.29) is 11.0 Å². The minimum absolute atomic E-state index is 0.00945. The Morgan fingerprint density at radius 2 is 1.95 bits per heavy atom. The van der Waals surface area contributed by atoms with Gasteiger partial charge in [0.25, 0.3) is 0 Å². The number of benzene rings is 1. The van der Waals surface area contributed by atoms with Gasteiger partial charge in [-0.15, -0.1) is 0 Å². The summed E-state index contributed by atoms with van der Waals surface area (Å²) in [6.07, 6.45) is -2.32. The van der Waals surface area contributed by atoms with E-state index in [1.54, 1.807) is 6.07 Å². The summed E-state index contributed by atoms with van der Waals surface area (Å²) in [5.74, 6) is 0.575. The Morgan fingerprint density at radius 1 is 1.20 bits per heavy atom. The molecule has 2 rings (SSSR count). The van der Waals surface area contributed by atoms with Gasteiger partial charge < -0.3 is 9.26 Å². The highest BCUT2D eigenvalue weighted by Gasteiger charge is 2.37. The zero-order valence-corrected chi connectivity index (χ0v) is 11.4. The van der Waals surface area contributed by atoms with Crippen LogP contribution < -0.4 is 4.74 Å². The lowest BCUT2D eigenvalue weighted by Gasteiger charge is -2.10. The Morgan fingerprint density at radius 3 is 2.55 bits per heavy atom. The smallest absolute Gasteiger partial charge is 0.437 e. The van der Waals surface area contributed by atoms with Crippen molar-refractivity contribution in [2.45, 2.75) is 39.3 Å². The van der Waals surface area contributed by atoms with Crippen LogP contribution in [0.2, 0.25) is 0 Å². The Balaban J connectivity index is 2.55. The van der Waals surface area contributed by atoms with E-state index in [1.165, 1.54) is 6.07 Å². The van der Waals surface area contributed by atoms with E-state index in [9.17, 15) is 13.2 Å². The molecule has 1 aromatic carbocycles. The van der Waals surface area contributed by atoms with Gasteiger partial charge in [-0.2, -0.15) is 13.2 Å². The molecule has 1 aromatic heterocycles. The summed E-state index contributed by atoms with van der Waals surface area (Å²) in [6, 6.07) is 2.92. The summed E-state index contributed by atoms with van der Waals surface area (Å²) in [5, 5.41) is 3.17. The number of alkyl halides is 3. The lowest BCUT2D eigenvalue weighted by Crippen LogP contribution is -2.05. The molecule has 20 heavy (non-hydrogen) atoms. The van der Waals surface area contributed by atoms with Gasteiger partial charge in [0.15, 0.2) is 11.3 Å². The SMILES string of the molecule is CCCOc1ccc2c(C(F)(F)F)noc2c1CCC. The molecule has 2 aromatic rings. The molecule has 0 unspecified atom stereocenters. The average molecular weight is 287 g/mol. The molecule has 0 aliphatic heterocycles. The zero-order valence-electron chi connectivity index (χ0n) is 11.4. The van der Waals surface area contributed by atoms with E-state index in [1.807, 2.05) is 13.8 Å². The first-order valence-corrected chi connectivity index (χ1v) is 6.60. The molecule has 0 amide bonds. The number of aromatic nitrogens is 1. The quantitative estimate of drug-likeness (QED) is 0.807. The summed E-state index contributed by atoms with van der Waals surface area (Å²) in [6.45, 7) is 4.43. The van der Waals surface area contributed by atoms with Crippen molar-refractivity contribution < 1.29 is 22.4 Å². The molecule has 0 aliphatic rings. The van der Waals surface area contributed by atoms with E-state index in [2.05, 4.69) is 5.16 Å². The van der Waals surface area contributed by atoms with Gasteiger partial charge in [-0.05, 0) is 25.0 Å². The van der Waals surface area contributed by atoms with E-state index in [0.717, 1.165) is 12.8 Å². The van der Waals surface area contributed by atoms with Crippen LogP contribution in [0.15, 0.2) is 16.7 Å². The predicted molar refractivity (Wildman–Crippen MR) is 68.8 cm³/mol. The van der Waals surface area contributed by atoms with Gasteiger partial charge in [-0.25, -0.2) is 0 Å². The molecular formula is C14H16F3NO2. The third-order valence-electron chi connectivity index (χ3n) is 2.93. The van der Waals surface area contributed by atoms with Crippen molar-refractivity contribution in [3.05, 3.63) is 23.4 Å². The van der Waals surface area contributed by atoms with Crippen molar-refractivity contribution in [3.63, 3.8) is 0 Å². The topological polar surface area (TPSA) is 35.3 Å². The molecule has 0 saturated carbocycles. The van der Waals surface area contributed by atoms with Crippen LogP contribution in [0.5, 0.6) is 5.75 Å². The second-order valence-electron chi connectivity index (χ2n) is 4.55. The van der Waals surface area contributed by atoms with Crippen LogP contribution in [0.1, 0.15) is 37.9 Å². The first-order chi connectivity index (χ1) is 9.49. The number of hydrogen-bond acceptors (Lipinski definition) is 3. The number of nitrogens with zero attached hydrogens (tertiary/aromatic N) is 1. The fourth-order valence-electron chi connectivity index (χ4n) is 2.08. The Hall–Kier alpha value is -1.72. The summed E-state index contributed by atoms with van der Waals surface area (Å²) in [7, 11) is 0. The minimum Gasteiger partial charge on any atom is -0.493 e. The lowest BCUT2D eigenvalue weighted by atomic mass is 10.0. The number of halogens is 3. The number of ether oxygens (including phenoxy) is 1. The van der Waals surface area contributed by atoms with E-state index < -0.39 is 11.9 Å². The van der Waals surface area contributed by atoms with Gasteiger partial charge in [-0.3, -0.25) is 0 Å². The zero-order chi connectivity index (χ0) is 14.8. The molecule has 0 fully saturated rings. The summed E-state index contributed by atoms with van der Waals surface area (Å²) in [4.78, 5) is 0. The van der Waals surface area contributed by atoms with Gasteiger partial charge in [0, 0.05) is 5.56 Å². The molecule has 0 N–H and O–H groups in total. The second-order valence-corrected chi connectivity index (χ2v) is 4.55. The molecule has 0 atom stereocenters. The molecule has 110 valence electrons. The van der Waals surface area contributed by atoms with Crippen LogP contribution in [0.3, 0.4) is 0 Å². The van der Waals surface area contributed by atoms with E-state index >= 15 is 0 Å². The van der Waals surface area contributed by atoms with E-state index in [4.69, 9.17) is 9.26 Å². The van der Waals surface area contributed by atoms with Crippen LogP contribution in [-0.2, 0) is 12.6 Å². The highest BCUT2D eigenvalue weighted by atomic mass is 19.4. The third-order valence-corrected chi connectivity index (χ3v) is 2.93. The van der Waals surface area contributed by atoms with E-state index in [0.29, 0.717) is 24.3 Å². The molecule has 1 heterocycles. The minimum atomic E-state index is -4.51. The van der Waals surface area contributed by atoms with Crippen LogP contribution in [-0.4, -0.2) is 11.8 Å². The van der Waals surface area contributed by atoms with Crippen LogP contribution in [0.4, 0.5) is 13.2 Å². The number of aryl methyl sites for hydroxylation is 1. The van der Waals surface area contributed by atoms with Gasteiger partial charge in [-0.1, -0.05) is 25.4 Å². The fourth-order valence-corrected chi connectivity index (χ4v) is 2.08. The summed E-state index contributed by atoms with van der Waals surface area (Å²) >= 11 is 0. The van der Waals surface area contributed by atoms with Crippen molar-refractivity contribution in [3.8, 4) is 5.75 Å².